The topological polar surface area (TPSA) is 29.0 Å². The van der Waals surface area contributed by atoms with Crippen LogP contribution in [0.1, 0.15) is 25.3 Å². The van der Waals surface area contributed by atoms with Crippen LogP contribution in [0.25, 0.3) is 20.7 Å². The first-order chi connectivity index (χ1) is 11.3. The van der Waals surface area contributed by atoms with Crippen LogP contribution in [0.4, 0.5) is 0 Å². The zero-order valence-corrected chi connectivity index (χ0v) is 14.2. The van der Waals surface area contributed by atoms with Crippen molar-refractivity contribution in [2.75, 3.05) is 13.1 Å². The van der Waals surface area contributed by atoms with E-state index in [0.29, 0.717) is 0 Å². The van der Waals surface area contributed by atoms with Gasteiger partial charge in [0.25, 0.3) is 0 Å². The number of nitrogens with zero attached hydrogens (tertiary/aromatic N) is 3. The molecule has 0 amide bonds. The van der Waals surface area contributed by atoms with Gasteiger partial charge in [0.05, 0.1) is 10.2 Å². The molecule has 3 aromatic rings. The minimum Gasteiger partial charge on any atom is -0.299 e. The minimum absolute atomic E-state index is 0.893. The summed E-state index contributed by atoms with van der Waals surface area (Å²) >= 11 is 1.76. The smallest absolute Gasteiger partial charge is 0.116 e. The molecular formula is C19H21N3S. The van der Waals surface area contributed by atoms with E-state index < -0.39 is 0 Å². The van der Waals surface area contributed by atoms with E-state index in [4.69, 9.17) is 0 Å². The van der Waals surface area contributed by atoms with Crippen molar-refractivity contribution in [2.45, 2.75) is 26.3 Å². The van der Waals surface area contributed by atoms with E-state index in [9.17, 15) is 0 Å². The summed E-state index contributed by atoms with van der Waals surface area (Å²) in [6.45, 7) is 5.90. The second kappa shape index (κ2) is 6.38. The van der Waals surface area contributed by atoms with Crippen LogP contribution in [0.15, 0.2) is 42.9 Å². The third-order valence-corrected chi connectivity index (χ3v) is 5.82. The molecule has 3 nitrogen and oxygen atoms in total. The second-order valence-electron chi connectivity index (χ2n) is 6.54. The minimum atomic E-state index is 0.893. The molecule has 0 saturated carbocycles. The predicted molar refractivity (Wildman–Crippen MR) is 96.5 cm³/mol. The van der Waals surface area contributed by atoms with Crippen molar-refractivity contribution in [3.63, 3.8) is 0 Å². The maximum atomic E-state index is 4.32. The first kappa shape index (κ1) is 14.8. The quantitative estimate of drug-likeness (QED) is 0.706. The zero-order chi connectivity index (χ0) is 15.6. The van der Waals surface area contributed by atoms with Gasteiger partial charge < -0.3 is 0 Å². The van der Waals surface area contributed by atoms with Gasteiger partial charge in [-0.3, -0.25) is 4.90 Å². The molecule has 0 spiro atoms. The molecule has 0 radical (unpaired) electrons. The number of piperidine rings is 1. The number of hydrogen-bond donors (Lipinski definition) is 0. The summed E-state index contributed by atoms with van der Waals surface area (Å²) in [5, 5.41) is 0. The van der Waals surface area contributed by atoms with Crippen LogP contribution in [0.5, 0.6) is 0 Å². The number of benzene rings is 1. The number of rotatable bonds is 3. The standard InChI is InChI=1S/C19H21N3S/c1-14-6-8-22(9-7-14)12-15-2-4-16(5-3-15)18-10-17-19(23-18)11-20-13-21-17/h2-5,10-11,13-14H,6-9,12H2,1H3. The van der Waals surface area contributed by atoms with E-state index >= 15 is 0 Å². The number of likely N-dealkylation sites (tertiary alicyclic amines) is 1. The lowest BCUT2D eigenvalue weighted by molar-refractivity contribution is 0.185. The van der Waals surface area contributed by atoms with Crippen molar-refractivity contribution in [1.29, 1.82) is 0 Å². The predicted octanol–water partition coefficient (Wildman–Crippen LogP) is 4.59. The molecule has 1 aromatic carbocycles. The highest BCUT2D eigenvalue weighted by atomic mass is 32.1. The first-order valence-corrected chi connectivity index (χ1v) is 9.11. The van der Waals surface area contributed by atoms with Gasteiger partial charge in [0.2, 0.25) is 0 Å². The van der Waals surface area contributed by atoms with Crippen molar-refractivity contribution in [1.82, 2.24) is 14.9 Å². The maximum Gasteiger partial charge on any atom is 0.116 e. The average Bonchev–Trinajstić information content (AvgIpc) is 3.02. The molecular weight excluding hydrogens is 302 g/mol. The Bertz CT molecular complexity index is 753. The van der Waals surface area contributed by atoms with Gasteiger partial charge in [-0.25, -0.2) is 9.97 Å². The summed E-state index contributed by atoms with van der Waals surface area (Å²) in [6.07, 6.45) is 6.17. The largest absolute Gasteiger partial charge is 0.299 e. The molecule has 4 rings (SSSR count). The van der Waals surface area contributed by atoms with Gasteiger partial charge >= 0.3 is 0 Å². The van der Waals surface area contributed by atoms with Gasteiger partial charge in [0.1, 0.15) is 6.33 Å². The Morgan fingerprint density at radius 2 is 1.96 bits per heavy atom. The van der Waals surface area contributed by atoms with E-state index in [1.54, 1.807) is 17.7 Å². The molecule has 118 valence electrons. The van der Waals surface area contributed by atoms with Gasteiger partial charge in [-0.15, -0.1) is 11.3 Å². The highest BCUT2D eigenvalue weighted by Crippen LogP contribution is 2.32. The van der Waals surface area contributed by atoms with Gasteiger partial charge in [-0.2, -0.15) is 0 Å². The summed E-state index contributed by atoms with van der Waals surface area (Å²) in [4.78, 5) is 12.3. The summed E-state index contributed by atoms with van der Waals surface area (Å²) in [7, 11) is 0. The van der Waals surface area contributed by atoms with Gasteiger partial charge in [-0.1, -0.05) is 31.2 Å². The Labute approximate surface area is 141 Å². The van der Waals surface area contributed by atoms with E-state index in [-0.39, 0.29) is 0 Å². The van der Waals surface area contributed by atoms with E-state index in [2.05, 4.69) is 52.1 Å². The fraction of sp³-hybridized carbons (Fsp3) is 0.368. The fourth-order valence-electron chi connectivity index (χ4n) is 3.18. The summed E-state index contributed by atoms with van der Waals surface area (Å²) in [5.74, 6) is 0.893. The maximum absolute atomic E-state index is 4.32. The number of hydrogen-bond acceptors (Lipinski definition) is 4. The van der Waals surface area contributed by atoms with Crippen molar-refractivity contribution < 1.29 is 0 Å². The average molecular weight is 323 g/mol. The van der Waals surface area contributed by atoms with Crippen LogP contribution in [-0.4, -0.2) is 28.0 Å². The van der Waals surface area contributed by atoms with Crippen LogP contribution < -0.4 is 0 Å². The van der Waals surface area contributed by atoms with Crippen molar-refractivity contribution in [3.05, 3.63) is 48.4 Å². The molecule has 0 aliphatic carbocycles. The van der Waals surface area contributed by atoms with E-state index in [1.165, 1.54) is 41.9 Å². The monoisotopic (exact) mass is 323 g/mol. The molecule has 1 aliphatic heterocycles. The number of thiophene rings is 1. The summed E-state index contributed by atoms with van der Waals surface area (Å²) in [5.41, 5.74) is 3.71. The van der Waals surface area contributed by atoms with Crippen molar-refractivity contribution >= 4 is 21.6 Å². The van der Waals surface area contributed by atoms with Gasteiger partial charge in [0, 0.05) is 17.6 Å². The molecule has 0 unspecified atom stereocenters. The Morgan fingerprint density at radius 1 is 1.17 bits per heavy atom. The number of aromatic nitrogens is 2. The van der Waals surface area contributed by atoms with Crippen LogP contribution in [0.3, 0.4) is 0 Å². The SMILES string of the molecule is CC1CCN(Cc2ccc(-c3cc4ncncc4s3)cc2)CC1. The molecule has 0 atom stereocenters. The normalized spacial score (nSPS) is 16.9. The van der Waals surface area contributed by atoms with Gasteiger partial charge in [-0.05, 0) is 49.0 Å². The lowest BCUT2D eigenvalue weighted by Crippen LogP contribution is -2.32. The fourth-order valence-corrected chi connectivity index (χ4v) is 4.17. The number of fused-ring (bicyclic) bond motifs is 1. The summed E-state index contributed by atoms with van der Waals surface area (Å²) in [6, 6.07) is 11.2. The highest BCUT2D eigenvalue weighted by molar-refractivity contribution is 7.22. The Kier molecular flexibility index (Phi) is 4.10. The van der Waals surface area contributed by atoms with E-state index in [0.717, 1.165) is 22.7 Å². The molecule has 1 fully saturated rings. The van der Waals surface area contributed by atoms with Crippen LogP contribution in [0.2, 0.25) is 0 Å². The molecule has 23 heavy (non-hydrogen) atoms. The van der Waals surface area contributed by atoms with Crippen molar-refractivity contribution in [3.8, 4) is 10.4 Å². The Hall–Kier alpha value is -1.78. The third-order valence-electron chi connectivity index (χ3n) is 4.72. The van der Waals surface area contributed by atoms with Crippen LogP contribution >= 0.6 is 11.3 Å². The lowest BCUT2D eigenvalue weighted by Gasteiger charge is -2.30. The first-order valence-electron chi connectivity index (χ1n) is 8.29. The molecule has 1 aliphatic rings. The molecule has 2 aromatic heterocycles. The molecule has 4 heteroatoms. The lowest BCUT2D eigenvalue weighted by atomic mass is 9.99. The molecule has 0 bridgehead atoms. The summed E-state index contributed by atoms with van der Waals surface area (Å²) < 4.78 is 1.15. The molecule has 0 N–H and O–H groups in total. The molecule has 3 heterocycles. The van der Waals surface area contributed by atoms with Crippen LogP contribution in [0, 0.1) is 5.92 Å². The molecule has 1 saturated heterocycles. The van der Waals surface area contributed by atoms with Crippen molar-refractivity contribution in [2.24, 2.45) is 5.92 Å². The Balaban J connectivity index is 1.49. The second-order valence-corrected chi connectivity index (χ2v) is 7.62. The van der Waals surface area contributed by atoms with Crippen LogP contribution in [-0.2, 0) is 6.54 Å². The van der Waals surface area contributed by atoms with E-state index in [1.807, 2.05) is 6.20 Å². The highest BCUT2D eigenvalue weighted by Gasteiger charge is 2.15. The zero-order valence-electron chi connectivity index (χ0n) is 13.4. The third kappa shape index (κ3) is 3.28. The Morgan fingerprint density at radius 3 is 2.70 bits per heavy atom. The van der Waals surface area contributed by atoms with Gasteiger partial charge in [0.15, 0.2) is 0 Å².